The third kappa shape index (κ3) is 6.45. The van der Waals surface area contributed by atoms with Gasteiger partial charge in [0.1, 0.15) is 0 Å². The summed E-state index contributed by atoms with van der Waals surface area (Å²) in [5.41, 5.74) is 8.45. The zero-order valence-electron chi connectivity index (χ0n) is 24.2. The molecular weight excluding hydrogens is 482 g/mol. The number of rotatable bonds is 10. The van der Waals surface area contributed by atoms with Crippen LogP contribution in [0.2, 0.25) is 0 Å². The van der Waals surface area contributed by atoms with Crippen molar-refractivity contribution in [3.63, 3.8) is 0 Å². The van der Waals surface area contributed by atoms with E-state index in [4.69, 9.17) is 9.78 Å². The van der Waals surface area contributed by atoms with Crippen LogP contribution in [0.25, 0.3) is 22.3 Å². The molecule has 0 heterocycles. The van der Waals surface area contributed by atoms with E-state index in [-0.39, 0.29) is 10.8 Å². The van der Waals surface area contributed by atoms with Crippen LogP contribution in [0, 0.1) is 0 Å². The summed E-state index contributed by atoms with van der Waals surface area (Å²) < 4.78 is 0. The van der Waals surface area contributed by atoms with Gasteiger partial charge in [-0.05, 0) is 101 Å². The van der Waals surface area contributed by atoms with Gasteiger partial charge < -0.3 is 5.32 Å². The topological polar surface area (TPSA) is 47.6 Å². The molecule has 1 N–H and O–H groups in total. The SMILES string of the molecule is CCC(CCOOC(=O)c1ccc(-c2cccc(-c3ccc4c(c3)C(C)(C)CCC4(C)C)c2)cc1)NC1CC1. The molecule has 5 rings (SSSR count). The monoisotopic (exact) mass is 525 g/mol. The van der Waals surface area contributed by atoms with Gasteiger partial charge in [-0.25, -0.2) is 4.79 Å². The molecule has 4 heteroatoms. The lowest BCUT2D eigenvalue weighted by Gasteiger charge is -2.42. The number of nitrogens with one attached hydrogen (secondary N) is 1. The van der Waals surface area contributed by atoms with E-state index >= 15 is 0 Å². The lowest BCUT2D eigenvalue weighted by molar-refractivity contribution is -0.242. The predicted octanol–water partition coefficient (Wildman–Crippen LogP) is 8.38. The summed E-state index contributed by atoms with van der Waals surface area (Å²) in [7, 11) is 0. The van der Waals surface area contributed by atoms with Crippen molar-refractivity contribution in [3.05, 3.63) is 83.4 Å². The van der Waals surface area contributed by atoms with Gasteiger partial charge in [0, 0.05) is 12.1 Å². The van der Waals surface area contributed by atoms with Gasteiger partial charge >= 0.3 is 5.97 Å². The highest BCUT2D eigenvalue weighted by molar-refractivity contribution is 5.89. The van der Waals surface area contributed by atoms with Gasteiger partial charge in [0.15, 0.2) is 0 Å². The van der Waals surface area contributed by atoms with Crippen LogP contribution in [0.15, 0.2) is 66.7 Å². The highest BCUT2D eigenvalue weighted by atomic mass is 17.2. The molecule has 0 spiro atoms. The van der Waals surface area contributed by atoms with Crippen molar-refractivity contribution in [1.82, 2.24) is 5.32 Å². The Morgan fingerprint density at radius 1 is 0.846 bits per heavy atom. The fourth-order valence-corrected chi connectivity index (χ4v) is 5.77. The van der Waals surface area contributed by atoms with Gasteiger partial charge in [0.2, 0.25) is 0 Å². The fourth-order valence-electron chi connectivity index (χ4n) is 5.77. The maximum absolute atomic E-state index is 12.5. The van der Waals surface area contributed by atoms with Crippen molar-refractivity contribution in [2.75, 3.05) is 6.61 Å². The molecule has 0 aliphatic heterocycles. The minimum atomic E-state index is -0.460. The summed E-state index contributed by atoms with van der Waals surface area (Å²) in [5, 5.41) is 3.60. The van der Waals surface area contributed by atoms with Gasteiger partial charge in [-0.15, -0.1) is 0 Å². The van der Waals surface area contributed by atoms with E-state index in [1.165, 1.54) is 47.9 Å². The second kappa shape index (κ2) is 11.3. The Hall–Kier alpha value is -2.95. The molecule has 2 aliphatic carbocycles. The van der Waals surface area contributed by atoms with E-state index in [0.717, 1.165) is 24.0 Å². The lowest BCUT2D eigenvalue weighted by atomic mass is 9.63. The Bertz CT molecular complexity index is 1300. The Balaban J connectivity index is 1.24. The van der Waals surface area contributed by atoms with Crippen molar-refractivity contribution in [2.24, 2.45) is 0 Å². The Kier molecular flexibility index (Phi) is 7.98. The fraction of sp³-hybridized carbons (Fsp3) is 0.457. The van der Waals surface area contributed by atoms with Crippen LogP contribution in [0.1, 0.15) is 94.6 Å². The van der Waals surface area contributed by atoms with Gasteiger partial charge in [-0.2, -0.15) is 4.89 Å². The van der Waals surface area contributed by atoms with Crippen molar-refractivity contribution in [3.8, 4) is 22.3 Å². The molecular formula is C35H43NO3. The normalized spacial score (nSPS) is 18.3. The van der Waals surface area contributed by atoms with Gasteiger partial charge in [0.05, 0.1) is 12.2 Å². The summed E-state index contributed by atoms with van der Waals surface area (Å²) in [4.78, 5) is 22.8. The maximum Gasteiger partial charge on any atom is 0.373 e. The molecule has 0 saturated heterocycles. The summed E-state index contributed by atoms with van der Waals surface area (Å²) in [5.74, 6) is -0.460. The average molecular weight is 526 g/mol. The van der Waals surface area contributed by atoms with Crippen LogP contribution in [0.5, 0.6) is 0 Å². The molecule has 1 fully saturated rings. The number of carbonyl (C=O) groups is 1. The lowest BCUT2D eigenvalue weighted by Crippen LogP contribution is -2.33. The Labute approximate surface area is 234 Å². The summed E-state index contributed by atoms with van der Waals surface area (Å²) >= 11 is 0. The van der Waals surface area contributed by atoms with Crippen LogP contribution in [-0.4, -0.2) is 24.7 Å². The first-order valence-electron chi connectivity index (χ1n) is 14.6. The van der Waals surface area contributed by atoms with Crippen LogP contribution in [0.3, 0.4) is 0 Å². The number of hydrogen-bond donors (Lipinski definition) is 1. The second-order valence-corrected chi connectivity index (χ2v) is 12.7. The van der Waals surface area contributed by atoms with Gasteiger partial charge in [-0.3, -0.25) is 4.89 Å². The molecule has 3 aromatic carbocycles. The minimum Gasteiger partial charge on any atom is -0.311 e. The van der Waals surface area contributed by atoms with E-state index in [2.05, 4.69) is 82.4 Å². The van der Waals surface area contributed by atoms with E-state index in [0.29, 0.717) is 24.3 Å². The zero-order chi connectivity index (χ0) is 27.6. The number of hydrogen-bond acceptors (Lipinski definition) is 4. The molecule has 39 heavy (non-hydrogen) atoms. The highest BCUT2D eigenvalue weighted by Gasteiger charge is 2.37. The zero-order valence-corrected chi connectivity index (χ0v) is 24.2. The third-order valence-corrected chi connectivity index (χ3v) is 8.73. The molecule has 0 aromatic heterocycles. The van der Waals surface area contributed by atoms with Crippen LogP contribution < -0.4 is 5.32 Å². The van der Waals surface area contributed by atoms with Crippen LogP contribution in [-0.2, 0) is 20.6 Å². The van der Waals surface area contributed by atoms with E-state index < -0.39 is 5.97 Å². The van der Waals surface area contributed by atoms with Crippen molar-refractivity contribution in [1.29, 1.82) is 0 Å². The van der Waals surface area contributed by atoms with Crippen LogP contribution >= 0.6 is 0 Å². The number of carbonyl (C=O) groups excluding carboxylic acids is 1. The standard InChI is InChI=1S/C35H43NO3/c1-6-29(36-30-15-16-30)18-21-38-39-33(37)25-12-10-24(11-13-25)26-8-7-9-27(22-26)28-14-17-31-32(23-28)35(4,5)20-19-34(31,2)3/h7-14,17,22-23,29-30,36H,6,15-16,18-21H2,1-5H3. The van der Waals surface area contributed by atoms with Crippen molar-refractivity contribution >= 4 is 5.97 Å². The molecule has 1 saturated carbocycles. The third-order valence-electron chi connectivity index (χ3n) is 8.73. The first-order valence-corrected chi connectivity index (χ1v) is 14.6. The number of fused-ring (bicyclic) bond motifs is 1. The molecule has 1 unspecified atom stereocenters. The first kappa shape index (κ1) is 27.6. The predicted molar refractivity (Wildman–Crippen MR) is 159 cm³/mol. The summed E-state index contributed by atoms with van der Waals surface area (Å²) in [6.45, 7) is 12.0. The largest absolute Gasteiger partial charge is 0.373 e. The minimum absolute atomic E-state index is 0.178. The Morgan fingerprint density at radius 3 is 2.13 bits per heavy atom. The first-order chi connectivity index (χ1) is 18.7. The highest BCUT2D eigenvalue weighted by Crippen LogP contribution is 2.46. The van der Waals surface area contributed by atoms with Crippen molar-refractivity contribution < 1.29 is 14.6 Å². The van der Waals surface area contributed by atoms with E-state index in [1.54, 1.807) is 12.1 Å². The Morgan fingerprint density at radius 2 is 1.46 bits per heavy atom. The van der Waals surface area contributed by atoms with E-state index in [9.17, 15) is 4.79 Å². The van der Waals surface area contributed by atoms with Gasteiger partial charge in [-0.1, -0.05) is 83.1 Å². The molecule has 0 bridgehead atoms. The summed E-state index contributed by atoms with van der Waals surface area (Å²) in [6, 6.07) is 24.3. The molecule has 206 valence electrons. The molecule has 2 aliphatic rings. The molecule has 0 amide bonds. The van der Waals surface area contributed by atoms with E-state index in [1.807, 2.05) is 12.1 Å². The quantitative estimate of drug-likeness (QED) is 0.164. The van der Waals surface area contributed by atoms with Crippen LogP contribution in [0.4, 0.5) is 0 Å². The second-order valence-electron chi connectivity index (χ2n) is 12.7. The summed E-state index contributed by atoms with van der Waals surface area (Å²) in [6.07, 6.45) is 6.81. The molecule has 0 radical (unpaired) electrons. The molecule has 3 aromatic rings. The average Bonchev–Trinajstić information content (AvgIpc) is 3.77. The maximum atomic E-state index is 12.5. The molecule has 1 atom stereocenters. The smallest absolute Gasteiger partial charge is 0.311 e. The van der Waals surface area contributed by atoms with Crippen molar-refractivity contribution in [2.45, 2.75) is 96.1 Å². The number of benzene rings is 3. The molecule has 4 nitrogen and oxygen atoms in total. The van der Waals surface area contributed by atoms with Gasteiger partial charge in [0.25, 0.3) is 0 Å².